The Labute approximate surface area is 109 Å². The monoisotopic (exact) mass is 271 g/mol. The minimum Gasteiger partial charge on any atom is -0.396 e. The van der Waals surface area contributed by atoms with Crippen LogP contribution in [0.3, 0.4) is 0 Å². The molecule has 0 saturated heterocycles. The molecule has 0 aliphatic rings. The summed E-state index contributed by atoms with van der Waals surface area (Å²) in [4.78, 5) is 0.304. The van der Waals surface area contributed by atoms with Gasteiger partial charge in [0.2, 0.25) is 10.0 Å². The molecule has 0 radical (unpaired) electrons. The van der Waals surface area contributed by atoms with Crippen LogP contribution in [0.15, 0.2) is 29.2 Å². The van der Waals surface area contributed by atoms with E-state index in [0.717, 1.165) is 12.0 Å². The third-order valence-electron chi connectivity index (χ3n) is 2.86. The summed E-state index contributed by atoms with van der Waals surface area (Å²) >= 11 is 0. The molecule has 0 bridgehead atoms. The number of rotatable bonds is 7. The van der Waals surface area contributed by atoms with E-state index in [1.807, 2.05) is 19.9 Å². The van der Waals surface area contributed by atoms with Crippen LogP contribution >= 0.6 is 0 Å². The Balaban J connectivity index is 2.73. The van der Waals surface area contributed by atoms with Crippen molar-refractivity contribution in [1.82, 2.24) is 4.72 Å². The molecule has 1 aromatic carbocycles. The number of aliphatic hydroxyl groups is 1. The number of benzene rings is 1. The van der Waals surface area contributed by atoms with Crippen molar-refractivity contribution in [3.8, 4) is 0 Å². The maximum atomic E-state index is 12.0. The summed E-state index contributed by atoms with van der Waals surface area (Å²) < 4.78 is 26.6. The van der Waals surface area contributed by atoms with E-state index in [2.05, 4.69) is 4.72 Å². The van der Waals surface area contributed by atoms with E-state index < -0.39 is 10.0 Å². The van der Waals surface area contributed by atoms with Gasteiger partial charge >= 0.3 is 0 Å². The zero-order chi connectivity index (χ0) is 13.6. The molecule has 0 amide bonds. The number of aliphatic hydroxyl groups excluding tert-OH is 1. The maximum absolute atomic E-state index is 12.0. The highest BCUT2D eigenvalue weighted by molar-refractivity contribution is 7.89. The molecule has 1 aromatic rings. The zero-order valence-electron chi connectivity index (χ0n) is 10.9. The van der Waals surface area contributed by atoms with Crippen molar-refractivity contribution in [3.05, 3.63) is 29.8 Å². The smallest absolute Gasteiger partial charge is 0.240 e. The van der Waals surface area contributed by atoms with E-state index in [-0.39, 0.29) is 12.5 Å². The predicted molar refractivity (Wildman–Crippen MR) is 71.9 cm³/mol. The lowest BCUT2D eigenvalue weighted by Gasteiger charge is -2.12. The summed E-state index contributed by atoms with van der Waals surface area (Å²) in [6, 6.07) is 6.95. The number of hydrogen-bond donors (Lipinski definition) is 2. The lowest BCUT2D eigenvalue weighted by atomic mass is 10.1. The highest BCUT2D eigenvalue weighted by Crippen LogP contribution is 2.12. The molecule has 0 heterocycles. The van der Waals surface area contributed by atoms with Gasteiger partial charge < -0.3 is 5.11 Å². The Morgan fingerprint density at radius 2 is 2.11 bits per heavy atom. The third-order valence-corrected chi connectivity index (χ3v) is 4.28. The van der Waals surface area contributed by atoms with Crippen molar-refractivity contribution in [3.63, 3.8) is 0 Å². The molecule has 5 heteroatoms. The molecular weight excluding hydrogens is 250 g/mol. The first-order valence-corrected chi connectivity index (χ1v) is 7.67. The van der Waals surface area contributed by atoms with Crippen molar-refractivity contribution < 1.29 is 13.5 Å². The minimum atomic E-state index is -3.44. The Hall–Kier alpha value is -0.910. The molecule has 18 heavy (non-hydrogen) atoms. The molecule has 1 unspecified atom stereocenters. The molecule has 1 rings (SSSR count). The van der Waals surface area contributed by atoms with Crippen LogP contribution in [0.25, 0.3) is 0 Å². The number of hydrogen-bond acceptors (Lipinski definition) is 3. The van der Waals surface area contributed by atoms with Crippen LogP contribution < -0.4 is 4.72 Å². The fourth-order valence-electron chi connectivity index (χ4n) is 1.59. The normalized spacial score (nSPS) is 13.5. The third kappa shape index (κ3) is 4.40. The van der Waals surface area contributed by atoms with Gasteiger partial charge in [0.05, 0.1) is 4.90 Å². The van der Waals surface area contributed by atoms with Gasteiger partial charge in [0.25, 0.3) is 0 Å². The van der Waals surface area contributed by atoms with E-state index >= 15 is 0 Å². The second kappa shape index (κ2) is 6.87. The van der Waals surface area contributed by atoms with Gasteiger partial charge in [-0.2, -0.15) is 0 Å². The standard InChI is InChI=1S/C13H21NO3S/c1-3-12-5-4-6-13(9-12)18(16,17)14-10-11(2)7-8-15/h4-6,9,11,14-15H,3,7-8,10H2,1-2H3. The van der Waals surface area contributed by atoms with Gasteiger partial charge in [-0.05, 0) is 36.5 Å². The largest absolute Gasteiger partial charge is 0.396 e. The molecule has 102 valence electrons. The molecule has 0 aromatic heterocycles. The summed E-state index contributed by atoms with van der Waals surface area (Å²) in [6.07, 6.45) is 1.40. The van der Waals surface area contributed by atoms with E-state index in [4.69, 9.17) is 5.11 Å². The molecule has 4 nitrogen and oxygen atoms in total. The maximum Gasteiger partial charge on any atom is 0.240 e. The molecule has 0 saturated carbocycles. The van der Waals surface area contributed by atoms with Crippen LogP contribution in [0.5, 0.6) is 0 Å². The minimum absolute atomic E-state index is 0.0776. The van der Waals surface area contributed by atoms with Crippen LogP contribution in [0.4, 0.5) is 0 Å². The topological polar surface area (TPSA) is 66.4 Å². The summed E-state index contributed by atoms with van der Waals surface area (Å²) in [5, 5.41) is 8.77. The van der Waals surface area contributed by atoms with Gasteiger partial charge in [-0.25, -0.2) is 13.1 Å². The average Bonchev–Trinajstić information content (AvgIpc) is 2.37. The number of sulfonamides is 1. The summed E-state index contributed by atoms with van der Waals surface area (Å²) in [5.41, 5.74) is 1.00. The first kappa shape index (κ1) is 15.1. The molecular formula is C13H21NO3S. The van der Waals surface area contributed by atoms with Crippen molar-refractivity contribution in [1.29, 1.82) is 0 Å². The number of aryl methyl sites for hydroxylation is 1. The van der Waals surface area contributed by atoms with Crippen molar-refractivity contribution in [2.45, 2.75) is 31.6 Å². The fourth-order valence-corrected chi connectivity index (χ4v) is 2.83. The Morgan fingerprint density at radius 1 is 1.39 bits per heavy atom. The first-order valence-electron chi connectivity index (χ1n) is 6.19. The SMILES string of the molecule is CCc1cccc(S(=O)(=O)NCC(C)CCO)c1. The second-order valence-electron chi connectivity index (χ2n) is 4.47. The molecule has 0 aliphatic carbocycles. The molecule has 0 aliphatic heterocycles. The van der Waals surface area contributed by atoms with E-state index in [0.29, 0.717) is 17.9 Å². The summed E-state index contributed by atoms with van der Waals surface area (Å²) in [7, 11) is -3.44. The Kier molecular flexibility index (Phi) is 5.78. The fraction of sp³-hybridized carbons (Fsp3) is 0.538. The van der Waals surface area contributed by atoms with Crippen LogP contribution in [-0.2, 0) is 16.4 Å². The Morgan fingerprint density at radius 3 is 2.72 bits per heavy atom. The van der Waals surface area contributed by atoms with Gasteiger partial charge in [-0.1, -0.05) is 26.0 Å². The molecule has 1 atom stereocenters. The van der Waals surface area contributed by atoms with Crippen molar-refractivity contribution >= 4 is 10.0 Å². The lowest BCUT2D eigenvalue weighted by molar-refractivity contribution is 0.263. The average molecular weight is 271 g/mol. The zero-order valence-corrected chi connectivity index (χ0v) is 11.7. The summed E-state index contributed by atoms with van der Waals surface area (Å²) in [6.45, 7) is 4.32. The first-order chi connectivity index (χ1) is 8.49. The second-order valence-corrected chi connectivity index (χ2v) is 6.24. The highest BCUT2D eigenvalue weighted by atomic mass is 32.2. The van der Waals surface area contributed by atoms with E-state index in [9.17, 15) is 8.42 Å². The van der Waals surface area contributed by atoms with Crippen molar-refractivity contribution in [2.75, 3.05) is 13.2 Å². The van der Waals surface area contributed by atoms with Gasteiger partial charge in [-0.15, -0.1) is 0 Å². The van der Waals surface area contributed by atoms with Crippen LogP contribution in [0.1, 0.15) is 25.8 Å². The molecule has 0 spiro atoms. The Bertz CT molecular complexity index is 471. The van der Waals surface area contributed by atoms with Crippen LogP contribution in [0, 0.1) is 5.92 Å². The molecule has 0 fully saturated rings. The number of nitrogens with one attached hydrogen (secondary N) is 1. The predicted octanol–water partition coefficient (Wildman–Crippen LogP) is 1.55. The van der Waals surface area contributed by atoms with E-state index in [1.165, 1.54) is 0 Å². The van der Waals surface area contributed by atoms with Gasteiger partial charge in [0, 0.05) is 13.2 Å². The van der Waals surface area contributed by atoms with Crippen LogP contribution in [-0.4, -0.2) is 26.7 Å². The van der Waals surface area contributed by atoms with Crippen molar-refractivity contribution in [2.24, 2.45) is 5.92 Å². The van der Waals surface area contributed by atoms with Gasteiger partial charge in [-0.3, -0.25) is 0 Å². The van der Waals surface area contributed by atoms with Gasteiger partial charge in [0.1, 0.15) is 0 Å². The summed E-state index contributed by atoms with van der Waals surface area (Å²) in [5.74, 6) is 0.124. The quantitative estimate of drug-likeness (QED) is 0.790. The molecule has 2 N–H and O–H groups in total. The van der Waals surface area contributed by atoms with E-state index in [1.54, 1.807) is 18.2 Å². The lowest BCUT2D eigenvalue weighted by Crippen LogP contribution is -2.28. The highest BCUT2D eigenvalue weighted by Gasteiger charge is 2.15. The van der Waals surface area contributed by atoms with Gasteiger partial charge in [0.15, 0.2) is 0 Å². The van der Waals surface area contributed by atoms with Crippen LogP contribution in [0.2, 0.25) is 0 Å².